The first-order valence-electron chi connectivity index (χ1n) is 10.4. The Bertz CT molecular complexity index is 1470. The summed E-state index contributed by atoms with van der Waals surface area (Å²) in [5.41, 5.74) is 3.28. The molecule has 3 aromatic carbocycles. The zero-order valence-corrected chi connectivity index (χ0v) is 17.8. The van der Waals surface area contributed by atoms with Crippen LogP contribution >= 0.6 is 0 Å². The highest BCUT2D eigenvalue weighted by Crippen LogP contribution is 2.29. The molecule has 2 heterocycles. The molecule has 0 aliphatic heterocycles. The Hall–Kier alpha value is -4.19. The van der Waals surface area contributed by atoms with Gasteiger partial charge in [0.25, 0.3) is 11.4 Å². The molecule has 0 spiro atoms. The van der Waals surface area contributed by atoms with Crippen LogP contribution in [0.1, 0.15) is 12.5 Å². The molecule has 0 saturated carbocycles. The minimum absolute atomic E-state index is 0.0961. The summed E-state index contributed by atoms with van der Waals surface area (Å²) in [6, 6.07) is 22.8. The van der Waals surface area contributed by atoms with Gasteiger partial charge in [0.1, 0.15) is 5.75 Å². The first kappa shape index (κ1) is 19.8. The zero-order valence-electron chi connectivity index (χ0n) is 17.8. The number of benzene rings is 3. The molecular weight excluding hydrogens is 402 g/mol. The standard InChI is InChI=1S/C26H21N3O3/c1-3-31-20-13-11-18(12-14-20)24-27-25(32-28-24)23-16-29(19-8-6-7-17(2)15-19)26(30)22-10-5-4-9-21(22)23/h4-16H,3H2,1-2H3. The molecule has 0 radical (unpaired) electrons. The van der Waals surface area contributed by atoms with Gasteiger partial charge < -0.3 is 9.26 Å². The van der Waals surface area contributed by atoms with Crippen molar-refractivity contribution >= 4 is 10.8 Å². The van der Waals surface area contributed by atoms with Crippen molar-refractivity contribution in [3.63, 3.8) is 0 Å². The lowest BCUT2D eigenvalue weighted by Crippen LogP contribution is -2.18. The quantitative estimate of drug-likeness (QED) is 0.378. The number of fused-ring (bicyclic) bond motifs is 1. The highest BCUT2D eigenvalue weighted by atomic mass is 16.5. The third kappa shape index (κ3) is 3.56. The van der Waals surface area contributed by atoms with E-state index in [0.717, 1.165) is 28.0 Å². The van der Waals surface area contributed by atoms with E-state index in [0.29, 0.717) is 29.3 Å². The number of ether oxygens (including phenoxy) is 1. The number of hydrogen-bond acceptors (Lipinski definition) is 5. The Morgan fingerprint density at radius 3 is 2.50 bits per heavy atom. The maximum absolute atomic E-state index is 13.2. The summed E-state index contributed by atoms with van der Waals surface area (Å²) in [5.74, 6) is 1.61. The first-order chi connectivity index (χ1) is 15.6. The fourth-order valence-corrected chi connectivity index (χ4v) is 3.75. The van der Waals surface area contributed by atoms with Crippen LogP contribution in [0.2, 0.25) is 0 Å². The van der Waals surface area contributed by atoms with Gasteiger partial charge >= 0.3 is 0 Å². The van der Waals surface area contributed by atoms with E-state index in [9.17, 15) is 4.79 Å². The van der Waals surface area contributed by atoms with E-state index in [1.165, 1.54) is 0 Å². The van der Waals surface area contributed by atoms with Gasteiger partial charge in [-0.05, 0) is 61.9 Å². The van der Waals surface area contributed by atoms with Crippen LogP contribution in [0.25, 0.3) is 39.3 Å². The van der Waals surface area contributed by atoms with E-state index in [-0.39, 0.29) is 5.56 Å². The largest absolute Gasteiger partial charge is 0.494 e. The summed E-state index contributed by atoms with van der Waals surface area (Å²) < 4.78 is 12.8. The van der Waals surface area contributed by atoms with E-state index < -0.39 is 0 Å². The third-order valence-electron chi connectivity index (χ3n) is 5.28. The summed E-state index contributed by atoms with van der Waals surface area (Å²) in [6.45, 7) is 4.55. The second-order valence-corrected chi connectivity index (χ2v) is 7.48. The van der Waals surface area contributed by atoms with Crippen LogP contribution in [0.15, 0.2) is 88.3 Å². The molecule has 0 aliphatic carbocycles. The topological polar surface area (TPSA) is 70.2 Å². The number of hydrogen-bond donors (Lipinski definition) is 0. The molecule has 6 heteroatoms. The van der Waals surface area contributed by atoms with Crippen LogP contribution in [0.4, 0.5) is 0 Å². The van der Waals surface area contributed by atoms with E-state index >= 15 is 0 Å². The number of aromatic nitrogens is 3. The van der Waals surface area contributed by atoms with E-state index in [4.69, 9.17) is 9.26 Å². The van der Waals surface area contributed by atoms with E-state index in [2.05, 4.69) is 10.1 Å². The lowest BCUT2D eigenvalue weighted by atomic mass is 10.1. The van der Waals surface area contributed by atoms with Crippen molar-refractivity contribution in [1.29, 1.82) is 0 Å². The van der Waals surface area contributed by atoms with Gasteiger partial charge in [0, 0.05) is 28.2 Å². The van der Waals surface area contributed by atoms with Crippen molar-refractivity contribution in [3.8, 4) is 34.3 Å². The number of rotatable bonds is 5. The molecule has 5 aromatic rings. The smallest absolute Gasteiger partial charge is 0.262 e. The predicted molar refractivity (Wildman–Crippen MR) is 124 cm³/mol. The number of nitrogens with zero attached hydrogens (tertiary/aromatic N) is 3. The average molecular weight is 423 g/mol. The van der Waals surface area contributed by atoms with Gasteiger partial charge in [-0.1, -0.05) is 35.5 Å². The Morgan fingerprint density at radius 2 is 1.75 bits per heavy atom. The van der Waals surface area contributed by atoms with Crippen LogP contribution in [0.3, 0.4) is 0 Å². The fraction of sp³-hybridized carbons (Fsp3) is 0.115. The molecule has 0 N–H and O–H groups in total. The average Bonchev–Trinajstić information content (AvgIpc) is 3.30. The Kier molecular flexibility index (Phi) is 5.03. The van der Waals surface area contributed by atoms with Crippen LogP contribution in [-0.4, -0.2) is 21.3 Å². The normalized spacial score (nSPS) is 11.1. The lowest BCUT2D eigenvalue weighted by Gasteiger charge is -2.11. The van der Waals surface area contributed by atoms with Crippen LogP contribution in [0.5, 0.6) is 5.75 Å². The number of aryl methyl sites for hydroxylation is 1. The summed E-state index contributed by atoms with van der Waals surface area (Å²) >= 11 is 0. The van der Waals surface area contributed by atoms with Crippen LogP contribution < -0.4 is 10.3 Å². The van der Waals surface area contributed by atoms with Gasteiger partial charge in [-0.2, -0.15) is 4.98 Å². The van der Waals surface area contributed by atoms with Crippen molar-refractivity contribution in [2.24, 2.45) is 0 Å². The van der Waals surface area contributed by atoms with Crippen molar-refractivity contribution in [1.82, 2.24) is 14.7 Å². The van der Waals surface area contributed by atoms with Gasteiger partial charge in [-0.25, -0.2) is 0 Å². The highest BCUT2D eigenvalue weighted by molar-refractivity contribution is 5.94. The molecule has 0 fully saturated rings. The van der Waals surface area contributed by atoms with Crippen molar-refractivity contribution in [3.05, 3.63) is 94.9 Å². The summed E-state index contributed by atoms with van der Waals surface area (Å²) in [6.07, 6.45) is 1.77. The van der Waals surface area contributed by atoms with Gasteiger partial charge in [0.15, 0.2) is 0 Å². The Morgan fingerprint density at radius 1 is 0.969 bits per heavy atom. The van der Waals surface area contributed by atoms with Gasteiger partial charge in [0.05, 0.1) is 12.2 Å². The predicted octanol–water partition coefficient (Wildman–Crippen LogP) is 5.41. The first-order valence-corrected chi connectivity index (χ1v) is 10.4. The van der Waals surface area contributed by atoms with Crippen molar-refractivity contribution in [2.75, 3.05) is 6.61 Å². The maximum atomic E-state index is 13.2. The monoisotopic (exact) mass is 423 g/mol. The molecule has 158 valence electrons. The second kappa shape index (κ2) is 8.15. The maximum Gasteiger partial charge on any atom is 0.262 e. The van der Waals surface area contributed by atoms with E-state index in [1.807, 2.05) is 86.6 Å². The molecule has 32 heavy (non-hydrogen) atoms. The van der Waals surface area contributed by atoms with Crippen molar-refractivity contribution < 1.29 is 9.26 Å². The molecule has 0 unspecified atom stereocenters. The molecule has 0 amide bonds. The van der Waals surface area contributed by atoms with Gasteiger partial charge in [-0.15, -0.1) is 0 Å². The zero-order chi connectivity index (χ0) is 22.1. The van der Waals surface area contributed by atoms with Gasteiger partial charge in [-0.3, -0.25) is 9.36 Å². The van der Waals surface area contributed by atoms with Crippen LogP contribution in [-0.2, 0) is 0 Å². The summed E-state index contributed by atoms with van der Waals surface area (Å²) in [7, 11) is 0. The molecule has 0 atom stereocenters. The third-order valence-corrected chi connectivity index (χ3v) is 5.28. The molecule has 0 bridgehead atoms. The summed E-state index contributed by atoms with van der Waals surface area (Å²) in [5, 5.41) is 5.53. The molecule has 6 nitrogen and oxygen atoms in total. The Balaban J connectivity index is 1.65. The van der Waals surface area contributed by atoms with Gasteiger partial charge in [0.2, 0.25) is 5.82 Å². The molecular formula is C26H21N3O3. The minimum Gasteiger partial charge on any atom is -0.494 e. The highest BCUT2D eigenvalue weighted by Gasteiger charge is 2.17. The lowest BCUT2D eigenvalue weighted by molar-refractivity contribution is 0.340. The second-order valence-electron chi connectivity index (χ2n) is 7.48. The Labute approximate surface area is 184 Å². The van der Waals surface area contributed by atoms with Crippen molar-refractivity contribution in [2.45, 2.75) is 13.8 Å². The molecule has 2 aromatic heterocycles. The van der Waals surface area contributed by atoms with E-state index in [1.54, 1.807) is 10.8 Å². The molecule has 0 saturated heterocycles. The SMILES string of the molecule is CCOc1ccc(-c2noc(-c3cn(-c4cccc(C)c4)c(=O)c4ccccc34)n2)cc1. The fourth-order valence-electron chi connectivity index (χ4n) is 3.75. The molecule has 0 aliphatic rings. The summed E-state index contributed by atoms with van der Waals surface area (Å²) in [4.78, 5) is 17.8. The number of pyridine rings is 1. The minimum atomic E-state index is -0.0961. The van der Waals surface area contributed by atoms with Crippen LogP contribution in [0, 0.1) is 6.92 Å². The molecule has 5 rings (SSSR count).